The lowest BCUT2D eigenvalue weighted by Crippen LogP contribution is -2.16. The number of hydrogen-bond acceptors (Lipinski definition) is 3. The van der Waals surface area contributed by atoms with Crippen LogP contribution in [0.1, 0.15) is 0 Å². The standard InChI is InChI=1S/C6H3Cl2FN2O2/c7-4-2(9)1-3(5(8)11-4)13-6(10)12/h1H,(H2,10,12). The van der Waals surface area contributed by atoms with Crippen LogP contribution in [0.25, 0.3) is 0 Å². The van der Waals surface area contributed by atoms with Crippen LogP contribution in [0.4, 0.5) is 9.18 Å². The van der Waals surface area contributed by atoms with Gasteiger partial charge in [0.25, 0.3) is 0 Å². The Morgan fingerprint density at radius 3 is 2.69 bits per heavy atom. The SMILES string of the molecule is NC(=O)Oc1cc(F)c(Cl)nc1Cl. The summed E-state index contributed by atoms with van der Waals surface area (Å²) < 4.78 is 17.1. The Morgan fingerprint density at radius 1 is 1.54 bits per heavy atom. The number of carbonyl (C=O) groups is 1. The molecular weight excluding hydrogens is 222 g/mol. The molecule has 0 atom stereocenters. The molecule has 0 spiro atoms. The predicted octanol–water partition coefficient (Wildman–Crippen LogP) is 1.99. The second-order valence-electron chi connectivity index (χ2n) is 1.97. The van der Waals surface area contributed by atoms with E-state index < -0.39 is 17.1 Å². The van der Waals surface area contributed by atoms with Crippen LogP contribution in [0.5, 0.6) is 5.75 Å². The number of rotatable bonds is 1. The number of primary amides is 1. The molecule has 1 aromatic rings. The number of ether oxygens (including phenoxy) is 1. The van der Waals surface area contributed by atoms with Crippen molar-refractivity contribution in [2.45, 2.75) is 0 Å². The molecule has 0 saturated heterocycles. The van der Waals surface area contributed by atoms with Gasteiger partial charge in [-0.2, -0.15) is 0 Å². The molecule has 13 heavy (non-hydrogen) atoms. The number of pyridine rings is 1. The summed E-state index contributed by atoms with van der Waals surface area (Å²) >= 11 is 10.7. The van der Waals surface area contributed by atoms with Gasteiger partial charge >= 0.3 is 6.09 Å². The van der Waals surface area contributed by atoms with Crippen molar-refractivity contribution < 1.29 is 13.9 Å². The summed E-state index contributed by atoms with van der Waals surface area (Å²) in [6.07, 6.45) is -1.11. The molecule has 0 fully saturated rings. The highest BCUT2D eigenvalue weighted by Gasteiger charge is 2.11. The first-order valence-corrected chi connectivity index (χ1v) is 3.75. The maximum Gasteiger partial charge on any atom is 0.410 e. The molecule has 0 aliphatic heterocycles. The van der Waals surface area contributed by atoms with Crippen molar-refractivity contribution in [2.24, 2.45) is 5.73 Å². The fourth-order valence-corrected chi connectivity index (χ4v) is 0.969. The number of carbonyl (C=O) groups excluding carboxylic acids is 1. The van der Waals surface area contributed by atoms with Crippen molar-refractivity contribution in [1.82, 2.24) is 4.98 Å². The van der Waals surface area contributed by atoms with Gasteiger partial charge in [-0.15, -0.1) is 0 Å². The summed E-state index contributed by atoms with van der Waals surface area (Å²) in [5, 5.41) is -0.632. The van der Waals surface area contributed by atoms with Gasteiger partial charge in [0.15, 0.2) is 21.9 Å². The van der Waals surface area contributed by atoms with Crippen molar-refractivity contribution in [1.29, 1.82) is 0 Å². The van der Waals surface area contributed by atoms with Crippen molar-refractivity contribution in [3.63, 3.8) is 0 Å². The third-order valence-electron chi connectivity index (χ3n) is 1.07. The average Bonchev–Trinajstić information content (AvgIpc) is 1.99. The average molecular weight is 225 g/mol. The monoisotopic (exact) mass is 224 g/mol. The molecule has 0 aromatic carbocycles. The Bertz CT molecular complexity index is 359. The highest BCUT2D eigenvalue weighted by molar-refractivity contribution is 6.33. The summed E-state index contributed by atoms with van der Waals surface area (Å²) in [6.45, 7) is 0. The Morgan fingerprint density at radius 2 is 2.15 bits per heavy atom. The second kappa shape index (κ2) is 3.76. The molecule has 4 nitrogen and oxygen atoms in total. The van der Waals surface area contributed by atoms with Crippen LogP contribution in [0, 0.1) is 5.82 Å². The minimum absolute atomic E-state index is 0.231. The maximum absolute atomic E-state index is 12.7. The van der Waals surface area contributed by atoms with Crippen LogP contribution >= 0.6 is 23.2 Å². The molecular formula is C6H3Cl2FN2O2. The molecule has 1 rings (SSSR count). The molecule has 0 bridgehead atoms. The van der Waals surface area contributed by atoms with Gasteiger partial charge < -0.3 is 10.5 Å². The number of aromatic nitrogens is 1. The minimum atomic E-state index is -1.11. The number of nitrogens with zero attached hydrogens (tertiary/aromatic N) is 1. The lowest BCUT2D eigenvalue weighted by Gasteiger charge is -2.02. The molecule has 70 valence electrons. The quantitative estimate of drug-likeness (QED) is 0.743. The highest BCUT2D eigenvalue weighted by atomic mass is 35.5. The number of nitrogens with two attached hydrogens (primary N) is 1. The fraction of sp³-hybridized carbons (Fsp3) is 0. The van der Waals surface area contributed by atoms with Gasteiger partial charge in [0.05, 0.1) is 0 Å². The summed E-state index contributed by atoms with van der Waals surface area (Å²) in [6, 6.07) is 0.822. The molecule has 0 aliphatic carbocycles. The van der Waals surface area contributed by atoms with Crippen LogP contribution in [-0.2, 0) is 0 Å². The molecule has 2 N–H and O–H groups in total. The third kappa shape index (κ3) is 2.43. The topological polar surface area (TPSA) is 65.2 Å². The van der Waals surface area contributed by atoms with Crippen LogP contribution in [-0.4, -0.2) is 11.1 Å². The van der Waals surface area contributed by atoms with Gasteiger partial charge in [-0.1, -0.05) is 23.2 Å². The van der Waals surface area contributed by atoms with E-state index in [1.807, 2.05) is 0 Å². The van der Waals surface area contributed by atoms with E-state index in [0.717, 1.165) is 6.07 Å². The largest absolute Gasteiger partial charge is 0.410 e. The van der Waals surface area contributed by atoms with E-state index in [9.17, 15) is 9.18 Å². The smallest absolute Gasteiger partial charge is 0.407 e. The number of halogens is 3. The van der Waals surface area contributed by atoms with E-state index in [0.29, 0.717) is 0 Å². The first-order valence-electron chi connectivity index (χ1n) is 2.99. The molecule has 0 unspecified atom stereocenters. The van der Waals surface area contributed by atoms with E-state index in [1.165, 1.54) is 0 Å². The van der Waals surface area contributed by atoms with Crippen molar-refractivity contribution in [3.05, 3.63) is 22.2 Å². The zero-order chi connectivity index (χ0) is 10.0. The lowest BCUT2D eigenvalue weighted by molar-refractivity contribution is 0.210. The third-order valence-corrected chi connectivity index (χ3v) is 1.60. The van der Waals surface area contributed by atoms with Crippen LogP contribution in [0.15, 0.2) is 6.07 Å². The highest BCUT2D eigenvalue weighted by Crippen LogP contribution is 2.26. The normalized spacial score (nSPS) is 9.77. The second-order valence-corrected chi connectivity index (χ2v) is 2.69. The van der Waals surface area contributed by atoms with E-state index in [-0.39, 0.29) is 10.9 Å². The van der Waals surface area contributed by atoms with Crippen LogP contribution < -0.4 is 10.5 Å². The summed E-state index contributed by atoms with van der Waals surface area (Å²) in [7, 11) is 0. The Labute approximate surface area is 82.4 Å². The molecule has 0 saturated carbocycles. The van der Waals surface area contributed by atoms with Crippen molar-refractivity contribution >= 4 is 29.3 Å². The van der Waals surface area contributed by atoms with Gasteiger partial charge in [-0.25, -0.2) is 14.2 Å². The van der Waals surface area contributed by atoms with E-state index >= 15 is 0 Å². The number of amides is 1. The molecule has 0 aliphatic rings. The zero-order valence-corrected chi connectivity index (χ0v) is 7.56. The van der Waals surface area contributed by atoms with Crippen LogP contribution in [0.2, 0.25) is 10.3 Å². The fourth-order valence-electron chi connectivity index (χ4n) is 0.609. The molecule has 1 heterocycles. The number of hydrogen-bond donors (Lipinski definition) is 1. The van der Waals surface area contributed by atoms with Gasteiger partial charge in [-0.05, 0) is 0 Å². The Hall–Kier alpha value is -1.07. The van der Waals surface area contributed by atoms with Gasteiger partial charge in [0, 0.05) is 6.07 Å². The van der Waals surface area contributed by atoms with E-state index in [4.69, 9.17) is 23.2 Å². The summed E-state index contributed by atoms with van der Waals surface area (Å²) in [5.74, 6) is -1.11. The lowest BCUT2D eigenvalue weighted by atomic mass is 10.4. The molecule has 7 heteroatoms. The Kier molecular flexibility index (Phi) is 2.90. The zero-order valence-electron chi connectivity index (χ0n) is 6.05. The van der Waals surface area contributed by atoms with Crippen LogP contribution in [0.3, 0.4) is 0 Å². The van der Waals surface area contributed by atoms with Gasteiger partial charge in [0.1, 0.15) is 0 Å². The molecule has 0 radical (unpaired) electrons. The summed E-state index contributed by atoms with van der Waals surface area (Å²) in [5.41, 5.74) is 4.68. The Balaban J connectivity index is 3.08. The van der Waals surface area contributed by atoms with E-state index in [1.54, 1.807) is 0 Å². The van der Waals surface area contributed by atoms with Gasteiger partial charge in [0.2, 0.25) is 0 Å². The first-order chi connectivity index (χ1) is 6.00. The van der Waals surface area contributed by atoms with Crippen molar-refractivity contribution in [2.75, 3.05) is 0 Å². The first kappa shape index (κ1) is 10.0. The summed E-state index contributed by atoms with van der Waals surface area (Å²) in [4.78, 5) is 13.6. The van der Waals surface area contributed by atoms with Crippen molar-refractivity contribution in [3.8, 4) is 5.75 Å². The molecule has 1 amide bonds. The predicted molar refractivity (Wildman–Crippen MR) is 44.4 cm³/mol. The molecule has 1 aromatic heterocycles. The minimum Gasteiger partial charge on any atom is -0.407 e. The maximum atomic E-state index is 12.7. The van der Waals surface area contributed by atoms with Gasteiger partial charge in [-0.3, -0.25) is 0 Å². The van der Waals surface area contributed by atoms with E-state index in [2.05, 4.69) is 15.5 Å².